The number of halogens is 1. The van der Waals surface area contributed by atoms with Crippen molar-refractivity contribution in [2.75, 3.05) is 5.32 Å². The number of aromatic nitrogens is 2. The van der Waals surface area contributed by atoms with E-state index in [-0.39, 0.29) is 17.7 Å². The van der Waals surface area contributed by atoms with Gasteiger partial charge in [0.25, 0.3) is 0 Å². The van der Waals surface area contributed by atoms with E-state index in [0.29, 0.717) is 12.1 Å². The summed E-state index contributed by atoms with van der Waals surface area (Å²) in [6.07, 6.45) is 2.97. The van der Waals surface area contributed by atoms with Crippen molar-refractivity contribution in [2.45, 2.75) is 39.7 Å². The van der Waals surface area contributed by atoms with Crippen molar-refractivity contribution in [2.24, 2.45) is 0 Å². The molecule has 1 unspecified atom stereocenters. The lowest BCUT2D eigenvalue weighted by atomic mass is 10.0. The van der Waals surface area contributed by atoms with Crippen molar-refractivity contribution < 1.29 is 4.39 Å². The molecule has 0 saturated heterocycles. The second-order valence-electron chi connectivity index (χ2n) is 4.80. The third-order valence-corrected chi connectivity index (χ3v) is 3.44. The van der Waals surface area contributed by atoms with Gasteiger partial charge in [-0.3, -0.25) is 0 Å². The summed E-state index contributed by atoms with van der Waals surface area (Å²) in [5.41, 5.74) is 2.84. The standard InChI is InChI=1S/C16H20FN3/c1-4-12-6-8-13(9-7-12)11(3)20-16-15(17)14(5-2)18-10-19-16/h6-11H,4-5H2,1-3H3,(H,18,19,20). The molecule has 20 heavy (non-hydrogen) atoms. The lowest BCUT2D eigenvalue weighted by molar-refractivity contribution is 0.594. The van der Waals surface area contributed by atoms with E-state index in [9.17, 15) is 4.39 Å². The minimum Gasteiger partial charge on any atom is -0.361 e. The molecule has 106 valence electrons. The first-order valence-electron chi connectivity index (χ1n) is 7.00. The largest absolute Gasteiger partial charge is 0.361 e. The number of rotatable bonds is 5. The zero-order chi connectivity index (χ0) is 14.5. The molecule has 1 heterocycles. The van der Waals surface area contributed by atoms with Crippen LogP contribution in [0.5, 0.6) is 0 Å². The summed E-state index contributed by atoms with van der Waals surface area (Å²) >= 11 is 0. The fourth-order valence-corrected chi connectivity index (χ4v) is 2.08. The van der Waals surface area contributed by atoms with E-state index >= 15 is 0 Å². The van der Waals surface area contributed by atoms with Gasteiger partial charge < -0.3 is 5.32 Å². The van der Waals surface area contributed by atoms with Crippen LogP contribution in [0.3, 0.4) is 0 Å². The first-order chi connectivity index (χ1) is 9.65. The number of aryl methyl sites for hydroxylation is 2. The van der Waals surface area contributed by atoms with E-state index in [1.807, 2.05) is 13.8 Å². The quantitative estimate of drug-likeness (QED) is 0.897. The molecular weight excluding hydrogens is 253 g/mol. The van der Waals surface area contributed by atoms with Crippen LogP contribution >= 0.6 is 0 Å². The Morgan fingerprint density at radius 3 is 2.40 bits per heavy atom. The number of nitrogens with zero attached hydrogens (tertiary/aromatic N) is 2. The number of hydrogen-bond acceptors (Lipinski definition) is 3. The average Bonchev–Trinajstić information content (AvgIpc) is 2.49. The van der Waals surface area contributed by atoms with Crippen molar-refractivity contribution in [3.8, 4) is 0 Å². The topological polar surface area (TPSA) is 37.8 Å². The number of nitrogens with one attached hydrogen (secondary N) is 1. The minimum absolute atomic E-state index is 0.00462. The first kappa shape index (κ1) is 14.4. The Bertz CT molecular complexity index is 566. The Morgan fingerprint density at radius 1 is 1.10 bits per heavy atom. The van der Waals surface area contributed by atoms with Crippen molar-refractivity contribution in [1.82, 2.24) is 9.97 Å². The van der Waals surface area contributed by atoms with Gasteiger partial charge in [0.2, 0.25) is 0 Å². The van der Waals surface area contributed by atoms with Crippen molar-refractivity contribution >= 4 is 5.82 Å². The third kappa shape index (κ3) is 3.13. The van der Waals surface area contributed by atoms with Crippen LogP contribution in [0.15, 0.2) is 30.6 Å². The fraction of sp³-hybridized carbons (Fsp3) is 0.375. The Labute approximate surface area is 119 Å². The number of anilines is 1. The van der Waals surface area contributed by atoms with Gasteiger partial charge in [-0.2, -0.15) is 0 Å². The van der Waals surface area contributed by atoms with Crippen molar-refractivity contribution in [1.29, 1.82) is 0 Å². The molecule has 0 bridgehead atoms. The van der Waals surface area contributed by atoms with Gasteiger partial charge in [-0.25, -0.2) is 14.4 Å². The molecule has 3 nitrogen and oxygen atoms in total. The van der Waals surface area contributed by atoms with Gasteiger partial charge in [0.05, 0.1) is 11.7 Å². The van der Waals surface area contributed by atoms with Gasteiger partial charge in [0.15, 0.2) is 11.6 Å². The molecular formula is C16H20FN3. The molecule has 1 N–H and O–H groups in total. The lowest BCUT2D eigenvalue weighted by Crippen LogP contribution is -2.11. The maximum absolute atomic E-state index is 14.1. The van der Waals surface area contributed by atoms with Crippen LogP contribution in [0.25, 0.3) is 0 Å². The molecule has 0 spiro atoms. The highest BCUT2D eigenvalue weighted by molar-refractivity contribution is 5.40. The zero-order valence-corrected chi connectivity index (χ0v) is 12.2. The highest BCUT2D eigenvalue weighted by Gasteiger charge is 2.13. The van der Waals surface area contributed by atoms with Crippen LogP contribution in [-0.2, 0) is 12.8 Å². The monoisotopic (exact) mass is 273 g/mol. The maximum atomic E-state index is 14.1. The van der Waals surface area contributed by atoms with E-state index in [1.165, 1.54) is 11.9 Å². The lowest BCUT2D eigenvalue weighted by Gasteiger charge is -2.16. The van der Waals surface area contributed by atoms with E-state index in [1.54, 1.807) is 0 Å². The molecule has 2 aromatic rings. The summed E-state index contributed by atoms with van der Waals surface area (Å²) in [5.74, 6) is -0.0871. The van der Waals surface area contributed by atoms with Gasteiger partial charge in [0.1, 0.15) is 6.33 Å². The predicted molar refractivity (Wildman–Crippen MR) is 79.2 cm³/mol. The zero-order valence-electron chi connectivity index (χ0n) is 12.2. The summed E-state index contributed by atoms with van der Waals surface area (Å²) in [5, 5.41) is 3.11. The Hall–Kier alpha value is -1.97. The average molecular weight is 273 g/mol. The molecule has 0 aliphatic heterocycles. The highest BCUT2D eigenvalue weighted by atomic mass is 19.1. The summed E-state index contributed by atoms with van der Waals surface area (Å²) in [4.78, 5) is 7.92. The molecule has 0 radical (unpaired) electrons. The summed E-state index contributed by atoms with van der Waals surface area (Å²) in [6, 6.07) is 8.32. The first-order valence-corrected chi connectivity index (χ1v) is 7.00. The van der Waals surface area contributed by atoms with Gasteiger partial charge in [-0.15, -0.1) is 0 Å². The summed E-state index contributed by atoms with van der Waals surface area (Å²) in [6.45, 7) is 6.00. The van der Waals surface area contributed by atoms with E-state index in [4.69, 9.17) is 0 Å². The molecule has 0 aliphatic carbocycles. The van der Waals surface area contributed by atoms with Gasteiger partial charge in [-0.05, 0) is 30.9 Å². The molecule has 0 amide bonds. The minimum atomic E-state index is -0.355. The van der Waals surface area contributed by atoms with Crippen molar-refractivity contribution in [3.05, 3.63) is 53.2 Å². The fourth-order valence-electron chi connectivity index (χ4n) is 2.08. The molecule has 1 aromatic carbocycles. The SMILES string of the molecule is CCc1ccc(C(C)Nc2ncnc(CC)c2F)cc1. The molecule has 2 rings (SSSR count). The van der Waals surface area contributed by atoms with Crippen LogP contribution in [0.1, 0.15) is 43.6 Å². The Balaban J connectivity index is 2.16. The second-order valence-corrected chi connectivity index (χ2v) is 4.80. The smallest absolute Gasteiger partial charge is 0.186 e. The van der Waals surface area contributed by atoms with E-state index in [0.717, 1.165) is 12.0 Å². The molecule has 4 heteroatoms. The van der Waals surface area contributed by atoms with Crippen LogP contribution in [0.2, 0.25) is 0 Å². The number of benzene rings is 1. The molecule has 0 aliphatic rings. The highest BCUT2D eigenvalue weighted by Crippen LogP contribution is 2.21. The van der Waals surface area contributed by atoms with E-state index < -0.39 is 0 Å². The van der Waals surface area contributed by atoms with Crippen LogP contribution in [-0.4, -0.2) is 9.97 Å². The van der Waals surface area contributed by atoms with Gasteiger partial charge in [-0.1, -0.05) is 38.1 Å². The Morgan fingerprint density at radius 2 is 1.80 bits per heavy atom. The second kappa shape index (κ2) is 6.46. The summed E-state index contributed by atoms with van der Waals surface area (Å²) < 4.78 is 14.1. The molecule has 0 saturated carbocycles. The van der Waals surface area contributed by atoms with Crippen LogP contribution in [0, 0.1) is 5.82 Å². The van der Waals surface area contributed by atoms with Gasteiger partial charge >= 0.3 is 0 Å². The molecule has 1 atom stereocenters. The summed E-state index contributed by atoms with van der Waals surface area (Å²) in [7, 11) is 0. The molecule has 0 fully saturated rings. The van der Waals surface area contributed by atoms with Crippen LogP contribution in [0.4, 0.5) is 10.2 Å². The van der Waals surface area contributed by atoms with E-state index in [2.05, 4.69) is 46.5 Å². The van der Waals surface area contributed by atoms with Crippen molar-refractivity contribution in [3.63, 3.8) is 0 Å². The maximum Gasteiger partial charge on any atom is 0.186 e. The van der Waals surface area contributed by atoms with Crippen LogP contribution < -0.4 is 5.32 Å². The molecule has 1 aromatic heterocycles. The third-order valence-electron chi connectivity index (χ3n) is 3.44. The number of hydrogen-bond donors (Lipinski definition) is 1. The Kier molecular flexibility index (Phi) is 4.66. The normalized spacial score (nSPS) is 12.2. The predicted octanol–water partition coefficient (Wildman–Crippen LogP) is 3.91. The van der Waals surface area contributed by atoms with Gasteiger partial charge in [0, 0.05) is 0 Å².